The average Bonchev–Trinajstić information content (AvgIpc) is 3.30. The van der Waals surface area contributed by atoms with E-state index in [1.165, 1.54) is 43.1 Å². The lowest BCUT2D eigenvalue weighted by molar-refractivity contribution is -0.643. The molecule has 25 heavy (non-hydrogen) atoms. The maximum atomic E-state index is 4.38. The molecule has 0 unspecified atom stereocenters. The van der Waals surface area contributed by atoms with Crippen molar-refractivity contribution in [1.82, 2.24) is 9.55 Å². The zero-order valence-electron chi connectivity index (χ0n) is 13.4. The Labute approximate surface area is 148 Å². The van der Waals surface area contributed by atoms with Crippen LogP contribution in [0.4, 0.5) is 0 Å². The first-order chi connectivity index (χ1) is 12.4. The third-order valence-electron chi connectivity index (χ3n) is 4.98. The van der Waals surface area contributed by atoms with E-state index in [0.29, 0.717) is 0 Å². The number of para-hydroxylation sites is 1. The number of hydrogen-bond donors (Lipinski definition) is 0. The van der Waals surface area contributed by atoms with Gasteiger partial charge in [-0.3, -0.25) is 4.98 Å². The van der Waals surface area contributed by atoms with E-state index < -0.39 is 0 Å². The number of nitrogens with zero attached hydrogens (tertiary/aromatic N) is 3. The molecule has 2 aromatic carbocycles. The monoisotopic (exact) mass is 340 g/mol. The average molecular weight is 340 g/mol. The molecule has 1 aliphatic heterocycles. The van der Waals surface area contributed by atoms with Gasteiger partial charge in [0, 0.05) is 22.7 Å². The predicted molar refractivity (Wildman–Crippen MR) is 101 cm³/mol. The third kappa shape index (κ3) is 1.69. The molecule has 0 bridgehead atoms. The van der Waals surface area contributed by atoms with Crippen LogP contribution in [0.3, 0.4) is 0 Å². The van der Waals surface area contributed by atoms with Gasteiger partial charge in [0.1, 0.15) is 12.2 Å². The van der Waals surface area contributed by atoms with Crippen molar-refractivity contribution < 1.29 is 4.57 Å². The summed E-state index contributed by atoms with van der Waals surface area (Å²) < 4.78 is 6.15. The highest BCUT2D eigenvalue weighted by atomic mass is 32.1. The number of aromatic nitrogens is 3. The molecule has 0 amide bonds. The minimum Gasteiger partial charge on any atom is -0.264 e. The van der Waals surface area contributed by atoms with Gasteiger partial charge in [0.2, 0.25) is 10.3 Å². The van der Waals surface area contributed by atoms with Crippen LogP contribution in [0.25, 0.3) is 37.5 Å². The molecule has 0 saturated heterocycles. The first-order valence-electron chi connectivity index (χ1n) is 8.36. The smallest absolute Gasteiger partial charge is 0.264 e. The van der Waals surface area contributed by atoms with E-state index in [1.807, 2.05) is 23.7 Å². The first-order valence-corrected chi connectivity index (χ1v) is 9.18. The Balaban J connectivity index is 1.84. The number of imidazole rings is 1. The summed E-state index contributed by atoms with van der Waals surface area (Å²) in [6, 6.07) is 21.5. The van der Waals surface area contributed by atoms with E-state index in [9.17, 15) is 0 Å². The van der Waals surface area contributed by atoms with Crippen LogP contribution in [-0.2, 0) is 6.54 Å². The molecule has 5 aromatic rings. The standard InChI is InChI=1S/C21H14N3S/c1-2-7-15(8-3-1)24-19-17-12-22-11-10-18(17)25-21(19)23-13-14-6-4-5-9-16(14)20(23)24/h1-12H,13H2/q+1. The van der Waals surface area contributed by atoms with Crippen LogP contribution in [0.1, 0.15) is 5.56 Å². The highest BCUT2D eigenvalue weighted by Gasteiger charge is 2.36. The SMILES string of the molecule is c1ccc(-n2c3[n+](c4sc5ccncc5c42)Cc2ccccc2-3)cc1. The second-order valence-corrected chi connectivity index (χ2v) is 7.40. The van der Waals surface area contributed by atoms with E-state index in [4.69, 9.17) is 0 Å². The topological polar surface area (TPSA) is 21.7 Å². The highest BCUT2D eigenvalue weighted by molar-refractivity contribution is 7.25. The van der Waals surface area contributed by atoms with Crippen LogP contribution >= 0.6 is 11.3 Å². The van der Waals surface area contributed by atoms with Gasteiger partial charge in [-0.25, -0.2) is 4.57 Å². The molecule has 0 radical (unpaired) electrons. The Hall–Kier alpha value is -2.98. The highest BCUT2D eigenvalue weighted by Crippen LogP contribution is 2.40. The van der Waals surface area contributed by atoms with E-state index >= 15 is 0 Å². The summed E-state index contributed by atoms with van der Waals surface area (Å²) in [5, 5.41) is 1.23. The Kier molecular flexibility index (Phi) is 2.54. The molecule has 0 saturated carbocycles. The predicted octanol–water partition coefficient (Wildman–Crippen LogP) is 4.56. The van der Waals surface area contributed by atoms with Crippen LogP contribution in [0.15, 0.2) is 73.1 Å². The third-order valence-corrected chi connectivity index (χ3v) is 6.17. The molecule has 3 nitrogen and oxygen atoms in total. The zero-order chi connectivity index (χ0) is 16.4. The molecule has 118 valence electrons. The van der Waals surface area contributed by atoms with Crippen LogP contribution in [0.2, 0.25) is 0 Å². The molecule has 4 heterocycles. The number of hydrogen-bond acceptors (Lipinski definition) is 2. The quantitative estimate of drug-likeness (QED) is 0.402. The fourth-order valence-electron chi connectivity index (χ4n) is 3.93. The summed E-state index contributed by atoms with van der Waals surface area (Å²) in [7, 11) is 0. The van der Waals surface area contributed by atoms with Gasteiger partial charge in [0.25, 0.3) is 5.82 Å². The molecule has 0 fully saturated rings. The van der Waals surface area contributed by atoms with Crippen LogP contribution < -0.4 is 4.57 Å². The Morgan fingerprint density at radius 1 is 0.960 bits per heavy atom. The lowest BCUT2D eigenvalue weighted by atomic mass is 10.1. The summed E-state index contributed by atoms with van der Waals surface area (Å²) in [5.41, 5.74) is 5.18. The Morgan fingerprint density at radius 2 is 1.80 bits per heavy atom. The van der Waals surface area contributed by atoms with Crippen molar-refractivity contribution in [2.75, 3.05) is 0 Å². The summed E-state index contributed by atoms with van der Waals surface area (Å²) in [6.07, 6.45) is 3.87. The van der Waals surface area contributed by atoms with Gasteiger partial charge in [-0.05, 0) is 24.3 Å². The fourth-order valence-corrected chi connectivity index (χ4v) is 5.08. The van der Waals surface area contributed by atoms with Crippen molar-refractivity contribution in [3.63, 3.8) is 0 Å². The van der Waals surface area contributed by atoms with E-state index in [2.05, 4.69) is 74.8 Å². The molecule has 4 heteroatoms. The van der Waals surface area contributed by atoms with E-state index in [1.54, 1.807) is 0 Å². The van der Waals surface area contributed by atoms with Crippen molar-refractivity contribution in [3.8, 4) is 17.1 Å². The molecule has 0 N–H and O–H groups in total. The molecule has 0 aliphatic carbocycles. The largest absolute Gasteiger partial charge is 0.296 e. The maximum absolute atomic E-state index is 4.38. The number of rotatable bonds is 1. The van der Waals surface area contributed by atoms with E-state index in [0.717, 1.165) is 6.54 Å². The van der Waals surface area contributed by atoms with Gasteiger partial charge in [-0.2, -0.15) is 4.57 Å². The van der Waals surface area contributed by atoms with Gasteiger partial charge in [-0.15, -0.1) is 0 Å². The van der Waals surface area contributed by atoms with Crippen molar-refractivity contribution >= 4 is 31.8 Å². The van der Waals surface area contributed by atoms with Gasteiger partial charge in [0.05, 0.1) is 10.9 Å². The number of thiophene rings is 1. The summed E-state index contributed by atoms with van der Waals surface area (Å²) in [5.74, 6) is 1.27. The molecule has 6 rings (SSSR count). The van der Waals surface area contributed by atoms with Gasteiger partial charge >= 0.3 is 0 Å². The van der Waals surface area contributed by atoms with Crippen LogP contribution in [0.5, 0.6) is 0 Å². The Bertz CT molecular complexity index is 1260. The lowest BCUT2D eigenvalue weighted by Gasteiger charge is -2.02. The number of benzene rings is 2. The van der Waals surface area contributed by atoms with Crippen molar-refractivity contribution in [2.45, 2.75) is 6.54 Å². The number of fused-ring (bicyclic) bond motifs is 7. The molecule has 0 spiro atoms. The van der Waals surface area contributed by atoms with E-state index in [-0.39, 0.29) is 0 Å². The normalized spacial score (nSPS) is 12.6. The lowest BCUT2D eigenvalue weighted by Crippen LogP contribution is -2.30. The minimum atomic E-state index is 0.933. The van der Waals surface area contributed by atoms with Crippen LogP contribution in [-0.4, -0.2) is 9.55 Å². The second kappa shape index (κ2) is 4.77. The molecular formula is C21H14N3S+. The first kappa shape index (κ1) is 13.3. The van der Waals surface area contributed by atoms with Crippen molar-refractivity contribution in [2.24, 2.45) is 0 Å². The molecular weight excluding hydrogens is 326 g/mol. The van der Waals surface area contributed by atoms with Gasteiger partial charge in [0.15, 0.2) is 0 Å². The van der Waals surface area contributed by atoms with Crippen molar-refractivity contribution in [3.05, 3.63) is 78.6 Å². The Morgan fingerprint density at radius 3 is 2.72 bits per heavy atom. The summed E-state index contributed by atoms with van der Waals surface area (Å²) in [4.78, 5) is 5.70. The van der Waals surface area contributed by atoms with Gasteiger partial charge < -0.3 is 0 Å². The van der Waals surface area contributed by atoms with Crippen LogP contribution in [0, 0.1) is 0 Å². The van der Waals surface area contributed by atoms with Gasteiger partial charge in [-0.1, -0.05) is 47.7 Å². The summed E-state index contributed by atoms with van der Waals surface area (Å²) >= 11 is 1.86. The molecule has 0 atom stereocenters. The number of pyridine rings is 1. The maximum Gasteiger partial charge on any atom is 0.296 e. The zero-order valence-corrected chi connectivity index (χ0v) is 14.2. The molecule has 1 aliphatic rings. The summed E-state index contributed by atoms with van der Waals surface area (Å²) in [6.45, 7) is 0.933. The van der Waals surface area contributed by atoms with Crippen molar-refractivity contribution in [1.29, 1.82) is 0 Å². The molecule has 3 aromatic heterocycles. The minimum absolute atomic E-state index is 0.933. The second-order valence-electron chi connectivity index (χ2n) is 6.37. The fraction of sp³-hybridized carbons (Fsp3) is 0.0476.